The Morgan fingerprint density at radius 1 is 1.50 bits per heavy atom. The van der Waals surface area contributed by atoms with Crippen molar-refractivity contribution in [1.82, 2.24) is 14.6 Å². The first kappa shape index (κ1) is 7.82. The van der Waals surface area contributed by atoms with Gasteiger partial charge in [-0.25, -0.2) is 9.50 Å². The first-order valence-electron chi connectivity index (χ1n) is 4.42. The van der Waals surface area contributed by atoms with Crippen molar-refractivity contribution in [2.75, 3.05) is 0 Å². The van der Waals surface area contributed by atoms with Crippen LogP contribution >= 0.6 is 11.3 Å². The maximum Gasteiger partial charge on any atom is 0.156 e. The summed E-state index contributed by atoms with van der Waals surface area (Å²) < 4.78 is 1.95. The molecule has 3 aromatic rings. The van der Waals surface area contributed by atoms with Gasteiger partial charge in [0.15, 0.2) is 5.65 Å². The van der Waals surface area contributed by atoms with Gasteiger partial charge in [-0.3, -0.25) is 5.10 Å². The maximum atomic E-state index is 4.29. The van der Waals surface area contributed by atoms with Gasteiger partial charge in [0.2, 0.25) is 0 Å². The molecule has 3 rings (SSSR count). The minimum absolute atomic E-state index is 1.01. The molecule has 0 saturated carbocycles. The van der Waals surface area contributed by atoms with E-state index < -0.39 is 0 Å². The van der Waals surface area contributed by atoms with Crippen LogP contribution in [-0.4, -0.2) is 14.6 Å². The molecule has 14 heavy (non-hydrogen) atoms. The predicted molar refractivity (Wildman–Crippen MR) is 57.6 cm³/mol. The van der Waals surface area contributed by atoms with Crippen molar-refractivity contribution in [3.63, 3.8) is 0 Å². The summed E-state index contributed by atoms with van der Waals surface area (Å²) in [6.45, 7) is 2.09. The highest BCUT2D eigenvalue weighted by atomic mass is 32.1. The average molecular weight is 203 g/mol. The second-order valence-electron chi connectivity index (χ2n) is 3.21. The summed E-state index contributed by atoms with van der Waals surface area (Å²) in [6.07, 6.45) is 3.73. The Morgan fingerprint density at radius 2 is 2.43 bits per heavy atom. The molecule has 0 aliphatic rings. The predicted octanol–water partition coefficient (Wildman–Crippen LogP) is 2.70. The SMILES string of the molecule is Cc1c(-c2cccs2)[nH]n2ccnc12. The van der Waals surface area contributed by atoms with Gasteiger partial charge in [-0.15, -0.1) is 11.3 Å². The molecule has 4 heteroatoms. The van der Waals surface area contributed by atoms with Gasteiger partial charge in [-0.05, 0) is 18.4 Å². The van der Waals surface area contributed by atoms with Crippen LogP contribution < -0.4 is 0 Å². The number of nitrogens with one attached hydrogen (secondary N) is 1. The average Bonchev–Trinajstić information content (AvgIpc) is 2.84. The van der Waals surface area contributed by atoms with E-state index in [0.29, 0.717) is 0 Å². The molecule has 0 aliphatic heterocycles. The van der Waals surface area contributed by atoms with E-state index in [1.807, 2.05) is 10.7 Å². The van der Waals surface area contributed by atoms with E-state index in [4.69, 9.17) is 0 Å². The zero-order chi connectivity index (χ0) is 9.54. The fraction of sp³-hybridized carbons (Fsp3) is 0.100. The van der Waals surface area contributed by atoms with Gasteiger partial charge in [0.1, 0.15) is 0 Å². The summed E-state index contributed by atoms with van der Waals surface area (Å²) in [4.78, 5) is 5.54. The Balaban J connectivity index is 2.32. The number of thiophene rings is 1. The standard InChI is InChI=1S/C10H9N3S/c1-7-9(8-3-2-6-14-8)12-13-5-4-11-10(7)13/h2-6,12H,1H3. The lowest BCUT2D eigenvalue weighted by Gasteiger charge is -1.92. The summed E-state index contributed by atoms with van der Waals surface area (Å²) >= 11 is 1.74. The zero-order valence-corrected chi connectivity index (χ0v) is 8.51. The van der Waals surface area contributed by atoms with E-state index in [1.165, 1.54) is 16.1 Å². The van der Waals surface area contributed by atoms with E-state index >= 15 is 0 Å². The molecule has 3 heterocycles. The van der Waals surface area contributed by atoms with Crippen LogP contribution in [0.4, 0.5) is 0 Å². The maximum absolute atomic E-state index is 4.29. The summed E-state index contributed by atoms with van der Waals surface area (Å²) in [5.74, 6) is 0. The third-order valence-electron chi connectivity index (χ3n) is 2.35. The van der Waals surface area contributed by atoms with E-state index in [2.05, 4.69) is 34.5 Å². The molecule has 0 atom stereocenters. The van der Waals surface area contributed by atoms with Crippen LogP contribution in [-0.2, 0) is 0 Å². The normalized spacial score (nSPS) is 11.2. The molecule has 0 aromatic carbocycles. The van der Waals surface area contributed by atoms with Crippen LogP contribution in [0.2, 0.25) is 0 Å². The lowest BCUT2D eigenvalue weighted by Crippen LogP contribution is -1.79. The second-order valence-corrected chi connectivity index (χ2v) is 4.16. The third-order valence-corrected chi connectivity index (χ3v) is 3.24. The number of hydrogen-bond donors (Lipinski definition) is 1. The molecule has 1 N–H and O–H groups in total. The van der Waals surface area contributed by atoms with Gasteiger partial charge in [-0.1, -0.05) is 6.07 Å². The van der Waals surface area contributed by atoms with Crippen LogP contribution in [0.5, 0.6) is 0 Å². The van der Waals surface area contributed by atoms with Crippen molar-refractivity contribution in [3.05, 3.63) is 35.5 Å². The van der Waals surface area contributed by atoms with E-state index in [-0.39, 0.29) is 0 Å². The van der Waals surface area contributed by atoms with Crippen LogP contribution in [0.3, 0.4) is 0 Å². The number of nitrogens with zero attached hydrogens (tertiary/aromatic N) is 2. The van der Waals surface area contributed by atoms with Crippen molar-refractivity contribution < 1.29 is 0 Å². The topological polar surface area (TPSA) is 33.1 Å². The number of imidazole rings is 1. The summed E-state index contributed by atoms with van der Waals surface area (Å²) in [6, 6.07) is 4.17. The number of H-pyrrole nitrogens is 1. The second kappa shape index (κ2) is 2.72. The highest BCUT2D eigenvalue weighted by Gasteiger charge is 2.10. The van der Waals surface area contributed by atoms with Gasteiger partial charge in [0, 0.05) is 18.0 Å². The monoisotopic (exact) mass is 203 g/mol. The summed E-state index contributed by atoms with van der Waals surface area (Å²) in [5, 5.41) is 5.39. The number of fused-ring (bicyclic) bond motifs is 1. The van der Waals surface area contributed by atoms with Crippen molar-refractivity contribution >= 4 is 17.0 Å². The van der Waals surface area contributed by atoms with Crippen LogP contribution in [0.15, 0.2) is 29.9 Å². The summed E-state index contributed by atoms with van der Waals surface area (Å²) in [5.41, 5.74) is 3.38. The molecule has 0 spiro atoms. The number of aryl methyl sites for hydroxylation is 1. The molecule has 0 saturated heterocycles. The molecule has 0 aliphatic carbocycles. The number of hydrogen-bond acceptors (Lipinski definition) is 2. The quantitative estimate of drug-likeness (QED) is 0.648. The van der Waals surface area contributed by atoms with E-state index in [0.717, 1.165) is 5.65 Å². The largest absolute Gasteiger partial charge is 0.291 e. The number of aromatic amines is 1. The lowest BCUT2D eigenvalue weighted by molar-refractivity contribution is 0.980. The Morgan fingerprint density at radius 3 is 3.14 bits per heavy atom. The zero-order valence-electron chi connectivity index (χ0n) is 7.69. The molecule has 0 fully saturated rings. The molecule has 3 nitrogen and oxygen atoms in total. The van der Waals surface area contributed by atoms with Gasteiger partial charge >= 0.3 is 0 Å². The van der Waals surface area contributed by atoms with Crippen LogP contribution in [0, 0.1) is 6.92 Å². The van der Waals surface area contributed by atoms with E-state index in [1.54, 1.807) is 17.5 Å². The number of aromatic nitrogens is 3. The van der Waals surface area contributed by atoms with Gasteiger partial charge in [0.05, 0.1) is 10.6 Å². The van der Waals surface area contributed by atoms with Crippen LogP contribution in [0.25, 0.3) is 16.2 Å². The van der Waals surface area contributed by atoms with E-state index in [9.17, 15) is 0 Å². The van der Waals surface area contributed by atoms with Crippen molar-refractivity contribution in [3.8, 4) is 10.6 Å². The molecular formula is C10H9N3S. The first-order chi connectivity index (χ1) is 6.86. The molecule has 0 bridgehead atoms. The molecule has 3 aromatic heterocycles. The van der Waals surface area contributed by atoms with Crippen molar-refractivity contribution in [1.29, 1.82) is 0 Å². The lowest BCUT2D eigenvalue weighted by atomic mass is 10.2. The Bertz CT molecular complexity index is 559. The van der Waals surface area contributed by atoms with Gasteiger partial charge in [-0.2, -0.15) is 0 Å². The fourth-order valence-corrected chi connectivity index (χ4v) is 2.43. The molecule has 70 valence electrons. The van der Waals surface area contributed by atoms with Gasteiger partial charge < -0.3 is 0 Å². The van der Waals surface area contributed by atoms with Gasteiger partial charge in [0.25, 0.3) is 0 Å². The fourth-order valence-electron chi connectivity index (χ4n) is 1.65. The highest BCUT2D eigenvalue weighted by molar-refractivity contribution is 7.13. The van der Waals surface area contributed by atoms with Crippen LogP contribution in [0.1, 0.15) is 5.56 Å². The van der Waals surface area contributed by atoms with Crippen molar-refractivity contribution in [2.24, 2.45) is 0 Å². The first-order valence-corrected chi connectivity index (χ1v) is 5.30. The molecular weight excluding hydrogens is 194 g/mol. The molecule has 0 unspecified atom stereocenters. The number of rotatable bonds is 1. The minimum Gasteiger partial charge on any atom is -0.291 e. The Hall–Kier alpha value is -1.55. The third kappa shape index (κ3) is 0.943. The smallest absolute Gasteiger partial charge is 0.156 e. The Kier molecular flexibility index (Phi) is 1.52. The Labute approximate surface area is 85.0 Å². The highest BCUT2D eigenvalue weighted by Crippen LogP contribution is 2.27. The molecule has 0 amide bonds. The summed E-state index contributed by atoms with van der Waals surface area (Å²) in [7, 11) is 0. The minimum atomic E-state index is 1.01. The molecule has 0 radical (unpaired) electrons. The van der Waals surface area contributed by atoms with Crippen molar-refractivity contribution in [2.45, 2.75) is 6.92 Å².